The quantitative estimate of drug-likeness (QED) is 0.549. The minimum atomic E-state index is -0.735. The summed E-state index contributed by atoms with van der Waals surface area (Å²) in [5, 5.41) is 0.617. The predicted octanol–water partition coefficient (Wildman–Crippen LogP) is 3.22. The Morgan fingerprint density at radius 2 is 2.10 bits per heavy atom. The summed E-state index contributed by atoms with van der Waals surface area (Å²) in [5.74, 6) is -0.171. The zero-order valence-electron chi connectivity index (χ0n) is 16.7. The van der Waals surface area contributed by atoms with E-state index in [1.54, 1.807) is 10.6 Å². The minimum Gasteiger partial charge on any atom is -0.464 e. The first-order chi connectivity index (χ1) is 14.4. The van der Waals surface area contributed by atoms with Crippen molar-refractivity contribution in [2.24, 2.45) is 5.73 Å². The molecule has 0 spiro atoms. The van der Waals surface area contributed by atoms with Gasteiger partial charge < -0.3 is 24.9 Å². The summed E-state index contributed by atoms with van der Waals surface area (Å²) in [6.07, 6.45) is 1.84. The number of benzene rings is 1. The Balaban J connectivity index is 0.00000272. The molecule has 1 aliphatic rings. The highest BCUT2D eigenvalue weighted by atomic mass is 35.5. The number of nitrogens with two attached hydrogens (primary N) is 1. The first-order valence-corrected chi connectivity index (χ1v) is 10.3. The Kier molecular flexibility index (Phi) is 7.16. The molecule has 1 aliphatic heterocycles. The normalized spacial score (nSPS) is 16.3. The van der Waals surface area contributed by atoms with Crippen LogP contribution in [0.4, 0.5) is 5.95 Å². The molecule has 1 saturated heterocycles. The van der Waals surface area contributed by atoms with E-state index in [4.69, 9.17) is 33.7 Å². The summed E-state index contributed by atoms with van der Waals surface area (Å²) in [6.45, 7) is 1.67. The van der Waals surface area contributed by atoms with Crippen molar-refractivity contribution >= 4 is 58.6 Å². The Labute approximate surface area is 194 Å². The maximum absolute atomic E-state index is 13.0. The Morgan fingerprint density at radius 3 is 2.77 bits per heavy atom. The third-order valence-electron chi connectivity index (χ3n) is 5.24. The van der Waals surface area contributed by atoms with Crippen molar-refractivity contribution in [3.63, 3.8) is 0 Å². The van der Waals surface area contributed by atoms with Crippen LogP contribution in [0.2, 0.25) is 10.0 Å². The van der Waals surface area contributed by atoms with Gasteiger partial charge in [-0.05, 0) is 24.5 Å². The van der Waals surface area contributed by atoms with Crippen LogP contribution in [0.5, 0.6) is 0 Å². The van der Waals surface area contributed by atoms with Crippen molar-refractivity contribution in [3.8, 4) is 0 Å². The van der Waals surface area contributed by atoms with Crippen LogP contribution in [-0.2, 0) is 11.3 Å². The monoisotopic (exact) mass is 485 g/mol. The molecule has 11 heteroatoms. The van der Waals surface area contributed by atoms with Crippen molar-refractivity contribution in [1.29, 1.82) is 0 Å². The molecule has 0 bridgehead atoms. The number of aromatic nitrogens is 3. The SMILES string of the molecule is COC(=O)c1[nH]c(=O)c2c(nc(N3CCC[C@@H](N)C3)n2Cc2ccccc2Cl)c1Cl.Cl. The van der Waals surface area contributed by atoms with E-state index in [-0.39, 0.29) is 40.2 Å². The van der Waals surface area contributed by atoms with Gasteiger partial charge in [-0.3, -0.25) is 4.79 Å². The molecule has 3 N–H and O–H groups in total. The van der Waals surface area contributed by atoms with Gasteiger partial charge in [-0.25, -0.2) is 9.78 Å². The van der Waals surface area contributed by atoms with Gasteiger partial charge in [0.1, 0.15) is 16.7 Å². The number of nitrogens with one attached hydrogen (secondary N) is 1. The zero-order valence-corrected chi connectivity index (χ0v) is 19.1. The summed E-state index contributed by atoms with van der Waals surface area (Å²) in [7, 11) is 1.22. The number of carbonyl (C=O) groups is 1. The van der Waals surface area contributed by atoms with Crippen molar-refractivity contribution in [2.45, 2.75) is 25.4 Å². The number of hydrogen-bond acceptors (Lipinski definition) is 6. The van der Waals surface area contributed by atoms with E-state index in [0.717, 1.165) is 24.9 Å². The number of H-pyrrole nitrogens is 1. The predicted molar refractivity (Wildman–Crippen MR) is 124 cm³/mol. The number of carbonyl (C=O) groups excluding carboxylic acids is 1. The molecule has 0 aliphatic carbocycles. The number of piperidine rings is 1. The topological polar surface area (TPSA) is 106 Å². The summed E-state index contributed by atoms with van der Waals surface area (Å²) >= 11 is 12.8. The number of ether oxygens (including phenoxy) is 1. The van der Waals surface area contributed by atoms with Gasteiger partial charge in [0.15, 0.2) is 0 Å². The highest BCUT2D eigenvalue weighted by Gasteiger charge is 2.27. The zero-order chi connectivity index (χ0) is 21.4. The molecule has 1 aromatic carbocycles. The first kappa shape index (κ1) is 23.4. The summed E-state index contributed by atoms with van der Waals surface area (Å²) in [4.78, 5) is 34.3. The molecule has 4 rings (SSSR count). The second-order valence-corrected chi connectivity index (χ2v) is 8.05. The maximum Gasteiger partial charge on any atom is 0.356 e. The Morgan fingerprint density at radius 1 is 1.35 bits per heavy atom. The van der Waals surface area contributed by atoms with E-state index in [0.29, 0.717) is 24.1 Å². The largest absolute Gasteiger partial charge is 0.464 e. The maximum atomic E-state index is 13.0. The second-order valence-electron chi connectivity index (χ2n) is 7.27. The summed E-state index contributed by atoms with van der Waals surface area (Å²) in [6, 6.07) is 7.40. The molecule has 2 aromatic heterocycles. The van der Waals surface area contributed by atoms with Gasteiger partial charge in [0.2, 0.25) is 5.95 Å². The van der Waals surface area contributed by atoms with Gasteiger partial charge >= 0.3 is 5.97 Å². The molecular weight excluding hydrogens is 465 g/mol. The number of halogens is 3. The van der Waals surface area contributed by atoms with Gasteiger partial charge in [0.25, 0.3) is 5.56 Å². The number of imidazole rings is 1. The lowest BCUT2D eigenvalue weighted by molar-refractivity contribution is 0.0594. The van der Waals surface area contributed by atoms with E-state index in [1.165, 1.54) is 7.11 Å². The second kappa shape index (κ2) is 9.48. The Hall–Kier alpha value is -2.26. The highest BCUT2D eigenvalue weighted by molar-refractivity contribution is 6.37. The van der Waals surface area contributed by atoms with Crippen LogP contribution in [0.3, 0.4) is 0 Å². The smallest absolute Gasteiger partial charge is 0.356 e. The van der Waals surface area contributed by atoms with Crippen LogP contribution in [0, 0.1) is 0 Å². The van der Waals surface area contributed by atoms with Gasteiger partial charge in [-0.1, -0.05) is 41.4 Å². The van der Waals surface area contributed by atoms with Crippen LogP contribution in [0.25, 0.3) is 11.0 Å². The van der Waals surface area contributed by atoms with Crippen LogP contribution < -0.4 is 16.2 Å². The molecule has 166 valence electrons. The molecule has 31 heavy (non-hydrogen) atoms. The van der Waals surface area contributed by atoms with E-state index in [2.05, 4.69) is 9.97 Å². The lowest BCUT2D eigenvalue weighted by atomic mass is 10.1. The molecule has 1 atom stereocenters. The van der Waals surface area contributed by atoms with E-state index < -0.39 is 11.5 Å². The molecular formula is C20H22Cl3N5O3. The van der Waals surface area contributed by atoms with Crippen LogP contribution in [0.1, 0.15) is 28.9 Å². The fourth-order valence-electron chi connectivity index (χ4n) is 3.79. The summed E-state index contributed by atoms with van der Waals surface area (Å²) in [5.41, 5.74) is 6.89. The van der Waals surface area contributed by atoms with Crippen molar-refractivity contribution in [1.82, 2.24) is 14.5 Å². The lowest BCUT2D eigenvalue weighted by Crippen LogP contribution is -2.44. The number of anilines is 1. The van der Waals surface area contributed by atoms with Crippen LogP contribution in [-0.4, -0.2) is 46.7 Å². The number of esters is 1. The molecule has 3 aromatic rings. The van der Waals surface area contributed by atoms with Gasteiger partial charge in [-0.15, -0.1) is 12.4 Å². The standard InChI is InChI=1S/C20H21Cl2N5O3.ClH/c1-30-19(29)16-14(22)15-17(18(28)24-16)27(9-11-5-2-3-7-13(11)21)20(25-15)26-8-4-6-12(23)10-26;/h2-3,5,7,12H,4,6,8-10,23H2,1H3,(H,24,28);1H/t12-;/m1./s1. The fourth-order valence-corrected chi connectivity index (χ4v) is 4.24. The fraction of sp³-hybridized carbons (Fsp3) is 0.350. The minimum absolute atomic E-state index is 0. The molecule has 3 heterocycles. The number of aromatic amines is 1. The number of pyridine rings is 1. The van der Waals surface area contributed by atoms with Crippen molar-refractivity contribution in [3.05, 3.63) is 55.9 Å². The van der Waals surface area contributed by atoms with E-state index in [1.807, 2.05) is 23.1 Å². The van der Waals surface area contributed by atoms with Gasteiger partial charge in [0.05, 0.1) is 18.7 Å². The van der Waals surface area contributed by atoms with Gasteiger partial charge in [-0.2, -0.15) is 0 Å². The Bertz CT molecular complexity index is 1180. The molecule has 0 radical (unpaired) electrons. The van der Waals surface area contributed by atoms with E-state index >= 15 is 0 Å². The third kappa shape index (κ3) is 4.39. The first-order valence-electron chi connectivity index (χ1n) is 9.55. The molecule has 0 unspecified atom stereocenters. The number of hydrogen-bond donors (Lipinski definition) is 2. The highest BCUT2D eigenvalue weighted by Crippen LogP contribution is 2.31. The van der Waals surface area contributed by atoms with Gasteiger partial charge in [0, 0.05) is 24.2 Å². The van der Waals surface area contributed by atoms with Crippen molar-refractivity contribution in [2.75, 3.05) is 25.1 Å². The van der Waals surface area contributed by atoms with Crippen molar-refractivity contribution < 1.29 is 9.53 Å². The third-order valence-corrected chi connectivity index (χ3v) is 5.98. The van der Waals surface area contributed by atoms with E-state index in [9.17, 15) is 9.59 Å². The molecule has 0 amide bonds. The molecule has 0 saturated carbocycles. The molecule has 8 nitrogen and oxygen atoms in total. The number of methoxy groups -OCH3 is 1. The average molecular weight is 487 g/mol. The number of fused-ring (bicyclic) bond motifs is 1. The summed E-state index contributed by atoms with van der Waals surface area (Å²) < 4.78 is 6.51. The average Bonchev–Trinajstić information content (AvgIpc) is 3.12. The lowest BCUT2D eigenvalue weighted by Gasteiger charge is -2.32. The molecule has 1 fully saturated rings. The van der Waals surface area contributed by atoms with Crippen LogP contribution >= 0.6 is 35.6 Å². The van der Waals surface area contributed by atoms with Crippen LogP contribution in [0.15, 0.2) is 29.1 Å². The number of nitrogens with zero attached hydrogens (tertiary/aromatic N) is 3. The number of rotatable bonds is 4.